The summed E-state index contributed by atoms with van der Waals surface area (Å²) in [4.78, 5) is 7.20. The van der Waals surface area contributed by atoms with E-state index in [0.29, 0.717) is 23.5 Å². The van der Waals surface area contributed by atoms with Gasteiger partial charge in [-0.1, -0.05) is 25.1 Å². The summed E-state index contributed by atoms with van der Waals surface area (Å²) in [6.45, 7) is 1.29. The Labute approximate surface area is 179 Å². The maximum atomic E-state index is 13.5. The quantitative estimate of drug-likeness (QED) is 0.370. The van der Waals surface area contributed by atoms with Gasteiger partial charge in [-0.2, -0.15) is 22.0 Å². The molecule has 0 aliphatic rings. The van der Waals surface area contributed by atoms with Crippen molar-refractivity contribution in [2.45, 2.75) is 23.4 Å². The van der Waals surface area contributed by atoms with Crippen LogP contribution in [0, 0.1) is 0 Å². The van der Waals surface area contributed by atoms with Crippen molar-refractivity contribution in [2.75, 3.05) is 5.75 Å². The maximum Gasteiger partial charge on any atom is 0.417 e. The molecule has 0 amide bonds. The summed E-state index contributed by atoms with van der Waals surface area (Å²) in [5, 5.41) is -3.60. The van der Waals surface area contributed by atoms with Gasteiger partial charge in [-0.3, -0.25) is 4.98 Å². The van der Waals surface area contributed by atoms with Crippen LogP contribution in [0.15, 0.2) is 47.6 Å². The van der Waals surface area contributed by atoms with Crippen LogP contribution in [0.2, 0.25) is 0 Å². The maximum absolute atomic E-state index is 13.5. The van der Waals surface area contributed by atoms with Crippen molar-refractivity contribution >= 4 is 21.4 Å². The Hall–Kier alpha value is -2.53. The number of alkyl halides is 6. The molecule has 31 heavy (non-hydrogen) atoms. The number of benzene rings is 1. The van der Waals surface area contributed by atoms with Crippen molar-refractivity contribution in [2.24, 2.45) is 7.05 Å². The molecule has 1 aromatic carbocycles. The van der Waals surface area contributed by atoms with Crippen LogP contribution in [0.3, 0.4) is 0 Å². The Morgan fingerprint density at radius 3 is 2.29 bits per heavy atom. The van der Waals surface area contributed by atoms with Crippen LogP contribution in [0.5, 0.6) is 0 Å². The molecule has 0 radical (unpaired) electrons. The molecule has 2 heterocycles. The van der Waals surface area contributed by atoms with Gasteiger partial charge in [0.2, 0.25) is 0 Å². The third kappa shape index (κ3) is 4.57. The molecule has 0 N–H and O–H groups in total. The number of halogens is 6. The molecule has 3 rings (SSSR count). The average molecular weight is 480 g/mol. The first kappa shape index (κ1) is 23.1. The zero-order valence-corrected chi connectivity index (χ0v) is 17.7. The van der Waals surface area contributed by atoms with Crippen LogP contribution < -0.4 is 0 Å². The van der Waals surface area contributed by atoms with Gasteiger partial charge in [0.15, 0.2) is 15.7 Å². The lowest BCUT2D eigenvalue weighted by Gasteiger charge is -2.14. The molecule has 5 nitrogen and oxygen atoms in total. The molecule has 0 spiro atoms. The molecule has 3 aromatic rings. The minimum atomic E-state index is -4.79. The molecule has 0 atom stereocenters. The molecule has 12 heteroatoms. The van der Waals surface area contributed by atoms with E-state index < -0.39 is 43.2 Å². The third-order valence-corrected chi connectivity index (χ3v) is 6.54. The highest BCUT2D eigenvalue weighted by molar-refractivity contribution is 7.91. The predicted octanol–water partition coefficient (Wildman–Crippen LogP) is 5.25. The highest BCUT2D eigenvalue weighted by atomic mass is 35.5. The lowest BCUT2D eigenvalue weighted by molar-refractivity contribution is -0.138. The van der Waals surface area contributed by atoms with Gasteiger partial charge >= 0.3 is 11.6 Å². The molecule has 0 fully saturated rings. The van der Waals surface area contributed by atoms with Crippen molar-refractivity contribution in [3.63, 3.8) is 0 Å². The van der Waals surface area contributed by atoms with Crippen molar-refractivity contribution in [3.05, 3.63) is 53.9 Å². The van der Waals surface area contributed by atoms with Crippen LogP contribution in [0.25, 0.3) is 22.8 Å². The average Bonchev–Trinajstić information content (AvgIpc) is 3.07. The van der Waals surface area contributed by atoms with E-state index in [1.807, 2.05) is 0 Å². The van der Waals surface area contributed by atoms with E-state index in [1.165, 1.54) is 36.9 Å². The van der Waals surface area contributed by atoms with E-state index in [-0.39, 0.29) is 11.5 Å². The second-order valence-electron chi connectivity index (χ2n) is 6.58. The molecule has 0 aliphatic heterocycles. The smallest absolute Gasteiger partial charge is 0.326 e. The Morgan fingerprint density at radius 1 is 1.03 bits per heavy atom. The summed E-state index contributed by atoms with van der Waals surface area (Å²) in [5.74, 6) is -0.494. The predicted molar refractivity (Wildman–Crippen MR) is 104 cm³/mol. The van der Waals surface area contributed by atoms with Crippen molar-refractivity contribution in [3.8, 4) is 22.8 Å². The first-order chi connectivity index (χ1) is 14.3. The number of imidazole rings is 1. The van der Waals surface area contributed by atoms with Gasteiger partial charge in [0, 0.05) is 24.4 Å². The Morgan fingerprint density at radius 2 is 1.71 bits per heavy atom. The normalized spacial score (nSPS) is 12.9. The molecule has 0 saturated carbocycles. The fraction of sp³-hybridized carbons (Fsp3) is 0.263. The first-order valence-electron chi connectivity index (χ1n) is 8.75. The summed E-state index contributed by atoms with van der Waals surface area (Å²) in [5.41, 5.74) is -1.35. The molecule has 166 valence electrons. The van der Waals surface area contributed by atoms with E-state index in [0.717, 1.165) is 12.1 Å². The zero-order chi connectivity index (χ0) is 23.2. The van der Waals surface area contributed by atoms with E-state index >= 15 is 0 Å². The molecule has 0 unspecified atom stereocenters. The zero-order valence-electron chi connectivity index (χ0n) is 16.1. The highest BCUT2D eigenvalue weighted by Crippen LogP contribution is 2.37. The van der Waals surface area contributed by atoms with Crippen LogP contribution in [0.1, 0.15) is 18.1 Å². The van der Waals surface area contributed by atoms with Gasteiger partial charge in [-0.05, 0) is 23.7 Å². The standard InChI is InChI=1S/C19H15ClF5N3O2S/c1-3-31(29,30)15-8-13(19(23,24)25)9-26-16(15)17-27-10-14(28(17)2)11-5-4-6-12(7-11)18(20,21)22/h4-10H,3H2,1-2H3. The van der Waals surface area contributed by atoms with Crippen LogP contribution in [0.4, 0.5) is 22.0 Å². The van der Waals surface area contributed by atoms with Crippen LogP contribution in [-0.4, -0.2) is 28.7 Å². The summed E-state index contributed by atoms with van der Waals surface area (Å²) < 4.78 is 92.5. The largest absolute Gasteiger partial charge is 0.417 e. The van der Waals surface area contributed by atoms with Crippen molar-refractivity contribution in [1.82, 2.24) is 14.5 Å². The van der Waals surface area contributed by atoms with Gasteiger partial charge in [0.1, 0.15) is 5.69 Å². The summed E-state index contributed by atoms with van der Waals surface area (Å²) >= 11 is 5.07. The van der Waals surface area contributed by atoms with Gasteiger partial charge in [-0.25, -0.2) is 13.4 Å². The molecule has 0 bridgehead atoms. The minimum absolute atomic E-state index is 0.0428. The lowest BCUT2D eigenvalue weighted by Crippen LogP contribution is -2.13. The van der Waals surface area contributed by atoms with E-state index in [9.17, 15) is 30.4 Å². The van der Waals surface area contributed by atoms with Crippen molar-refractivity contribution in [1.29, 1.82) is 0 Å². The number of rotatable bonds is 5. The summed E-state index contributed by atoms with van der Waals surface area (Å²) in [6.07, 6.45) is -2.99. The van der Waals surface area contributed by atoms with Gasteiger partial charge in [0.25, 0.3) is 0 Å². The second kappa shape index (κ2) is 7.86. The van der Waals surface area contributed by atoms with E-state index in [2.05, 4.69) is 9.97 Å². The van der Waals surface area contributed by atoms with Gasteiger partial charge < -0.3 is 4.57 Å². The van der Waals surface area contributed by atoms with E-state index in [1.54, 1.807) is 0 Å². The van der Waals surface area contributed by atoms with Gasteiger partial charge in [-0.15, -0.1) is 0 Å². The first-order valence-corrected chi connectivity index (χ1v) is 10.8. The number of pyridine rings is 1. The highest BCUT2D eigenvalue weighted by Gasteiger charge is 2.34. The van der Waals surface area contributed by atoms with Crippen LogP contribution in [-0.2, 0) is 28.4 Å². The third-order valence-electron chi connectivity index (χ3n) is 4.58. The Bertz CT molecular complexity index is 1230. The molecule has 2 aromatic heterocycles. The Kier molecular flexibility index (Phi) is 5.87. The summed E-state index contributed by atoms with van der Waals surface area (Å²) in [6, 6.07) is 5.66. The monoisotopic (exact) mass is 479 g/mol. The lowest BCUT2D eigenvalue weighted by atomic mass is 10.1. The Balaban J connectivity index is 2.19. The van der Waals surface area contributed by atoms with Crippen molar-refractivity contribution < 1.29 is 30.4 Å². The molecular formula is C19H15ClF5N3O2S. The number of sulfone groups is 1. The number of nitrogens with zero attached hydrogens (tertiary/aromatic N) is 3. The number of aromatic nitrogens is 3. The number of hydrogen-bond donors (Lipinski definition) is 0. The molecule has 0 aliphatic carbocycles. The topological polar surface area (TPSA) is 64.8 Å². The minimum Gasteiger partial charge on any atom is -0.326 e. The van der Waals surface area contributed by atoms with E-state index in [4.69, 9.17) is 11.6 Å². The molecular weight excluding hydrogens is 465 g/mol. The fourth-order valence-electron chi connectivity index (χ4n) is 2.91. The number of hydrogen-bond acceptors (Lipinski definition) is 4. The summed E-state index contributed by atoms with van der Waals surface area (Å²) in [7, 11) is -2.63. The molecule has 0 saturated heterocycles. The SMILES string of the molecule is CCS(=O)(=O)c1cc(C(F)(F)F)cnc1-c1ncc(-c2cccc(C(F)(F)Cl)c2)n1C. The second-order valence-corrected chi connectivity index (χ2v) is 9.30. The van der Waals surface area contributed by atoms with Gasteiger partial charge in [0.05, 0.1) is 28.1 Å². The fourth-order valence-corrected chi connectivity index (χ4v) is 4.09. The van der Waals surface area contributed by atoms with Crippen LogP contribution >= 0.6 is 11.6 Å².